The minimum atomic E-state index is 0.0824. The quantitative estimate of drug-likeness (QED) is 0.664. The molecule has 14 heavy (non-hydrogen) atoms. The summed E-state index contributed by atoms with van der Waals surface area (Å²) in [6.45, 7) is 4.37. The molecule has 0 fully saturated rings. The van der Waals surface area contributed by atoms with E-state index in [2.05, 4.69) is 22.8 Å². The van der Waals surface area contributed by atoms with Crippen molar-refractivity contribution in [2.75, 3.05) is 6.54 Å². The van der Waals surface area contributed by atoms with Crippen molar-refractivity contribution in [1.29, 1.82) is 0 Å². The second kappa shape index (κ2) is 5.81. The molecule has 0 spiro atoms. The lowest BCUT2D eigenvalue weighted by molar-refractivity contribution is -0.120. The maximum atomic E-state index is 11.3. The van der Waals surface area contributed by atoms with E-state index in [1.54, 1.807) is 0 Å². The Bertz CT molecular complexity index is 211. The Morgan fingerprint density at radius 1 is 1.57 bits per heavy atom. The molecule has 0 radical (unpaired) electrons. The fourth-order valence-corrected chi connectivity index (χ4v) is 1.58. The molecular weight excluding hydrogens is 176 g/mol. The monoisotopic (exact) mass is 196 g/mol. The molecule has 0 aromatic carbocycles. The van der Waals surface area contributed by atoms with Gasteiger partial charge in [0.25, 0.3) is 0 Å². The number of hydrogen-bond donors (Lipinski definition) is 2. The van der Waals surface area contributed by atoms with Crippen molar-refractivity contribution < 1.29 is 4.79 Å². The summed E-state index contributed by atoms with van der Waals surface area (Å²) < 4.78 is 0. The molecule has 1 rings (SSSR count). The smallest absolute Gasteiger partial charge is 0.234 e. The van der Waals surface area contributed by atoms with E-state index in [1.165, 1.54) is 12.8 Å². The first kappa shape index (κ1) is 11.2. The molecule has 0 bridgehead atoms. The van der Waals surface area contributed by atoms with Gasteiger partial charge < -0.3 is 10.6 Å². The van der Waals surface area contributed by atoms with Crippen LogP contribution in [0.3, 0.4) is 0 Å². The second-order valence-corrected chi connectivity index (χ2v) is 4.07. The highest BCUT2D eigenvalue weighted by molar-refractivity contribution is 5.78. The molecule has 0 aromatic rings. The summed E-state index contributed by atoms with van der Waals surface area (Å²) in [5.41, 5.74) is 0. The zero-order chi connectivity index (χ0) is 10.4. The van der Waals surface area contributed by atoms with Crippen LogP contribution in [0.1, 0.15) is 33.1 Å². The van der Waals surface area contributed by atoms with Crippen LogP contribution in [-0.4, -0.2) is 24.5 Å². The fraction of sp³-hybridized carbons (Fsp3) is 0.727. The average Bonchev–Trinajstić information content (AvgIpc) is 2.15. The first-order valence-corrected chi connectivity index (χ1v) is 5.38. The number of amides is 1. The highest BCUT2D eigenvalue weighted by Gasteiger charge is 2.09. The summed E-state index contributed by atoms with van der Waals surface area (Å²) in [5.74, 6) is 0.0824. The molecular formula is C11H20N2O. The summed E-state index contributed by atoms with van der Waals surface area (Å²) in [7, 11) is 0. The lowest BCUT2D eigenvalue weighted by Gasteiger charge is -2.18. The van der Waals surface area contributed by atoms with Gasteiger partial charge in [0.15, 0.2) is 0 Å². The van der Waals surface area contributed by atoms with Gasteiger partial charge in [-0.2, -0.15) is 0 Å². The zero-order valence-electron chi connectivity index (χ0n) is 9.05. The van der Waals surface area contributed by atoms with E-state index < -0.39 is 0 Å². The Balaban J connectivity index is 2.16. The van der Waals surface area contributed by atoms with Crippen LogP contribution in [0.25, 0.3) is 0 Å². The van der Waals surface area contributed by atoms with Gasteiger partial charge in [-0.05, 0) is 33.1 Å². The number of allylic oxidation sites excluding steroid dienone is 1. The molecule has 3 nitrogen and oxygen atoms in total. The predicted octanol–water partition coefficient (Wildman–Crippen LogP) is 1.21. The van der Waals surface area contributed by atoms with E-state index in [4.69, 9.17) is 0 Å². The van der Waals surface area contributed by atoms with Crippen molar-refractivity contribution in [3.63, 3.8) is 0 Å². The largest absolute Gasteiger partial charge is 0.353 e. The van der Waals surface area contributed by atoms with Crippen LogP contribution in [0, 0.1) is 0 Å². The third kappa shape index (κ3) is 4.42. The second-order valence-electron chi connectivity index (χ2n) is 4.07. The molecule has 1 aliphatic rings. The van der Waals surface area contributed by atoms with Crippen LogP contribution in [0.4, 0.5) is 0 Å². The molecule has 0 heterocycles. The first-order chi connectivity index (χ1) is 6.68. The lowest BCUT2D eigenvalue weighted by atomic mass is 10.0. The molecule has 80 valence electrons. The molecule has 0 saturated heterocycles. The number of nitrogens with one attached hydrogen (secondary N) is 2. The minimum absolute atomic E-state index is 0.0824. The van der Waals surface area contributed by atoms with Gasteiger partial charge >= 0.3 is 0 Å². The Labute approximate surface area is 86.0 Å². The van der Waals surface area contributed by atoms with Gasteiger partial charge in [0.05, 0.1) is 6.54 Å². The third-order valence-electron chi connectivity index (χ3n) is 2.23. The third-order valence-corrected chi connectivity index (χ3v) is 2.23. The fourth-order valence-electron chi connectivity index (χ4n) is 1.58. The number of rotatable bonds is 4. The van der Waals surface area contributed by atoms with Gasteiger partial charge in [-0.3, -0.25) is 4.79 Å². The van der Waals surface area contributed by atoms with Crippen molar-refractivity contribution >= 4 is 5.91 Å². The molecule has 0 aromatic heterocycles. The van der Waals surface area contributed by atoms with Crippen molar-refractivity contribution in [3.05, 3.63) is 12.2 Å². The Hall–Kier alpha value is -0.830. The molecule has 3 heteroatoms. The summed E-state index contributed by atoms with van der Waals surface area (Å²) >= 11 is 0. The van der Waals surface area contributed by atoms with Crippen molar-refractivity contribution in [2.24, 2.45) is 0 Å². The molecule has 1 aliphatic carbocycles. The van der Waals surface area contributed by atoms with E-state index in [0.29, 0.717) is 12.6 Å². The normalized spacial score (nSPS) is 21.2. The van der Waals surface area contributed by atoms with Gasteiger partial charge in [0, 0.05) is 12.1 Å². The van der Waals surface area contributed by atoms with Crippen LogP contribution >= 0.6 is 0 Å². The van der Waals surface area contributed by atoms with Gasteiger partial charge in [-0.1, -0.05) is 12.2 Å². The maximum Gasteiger partial charge on any atom is 0.234 e. The number of carbonyl (C=O) groups is 1. The molecule has 1 amide bonds. The number of hydrogen-bond acceptors (Lipinski definition) is 2. The first-order valence-electron chi connectivity index (χ1n) is 5.38. The van der Waals surface area contributed by atoms with Crippen molar-refractivity contribution in [3.8, 4) is 0 Å². The maximum absolute atomic E-state index is 11.3. The van der Waals surface area contributed by atoms with Gasteiger partial charge in [-0.25, -0.2) is 0 Å². The van der Waals surface area contributed by atoms with Gasteiger partial charge in [0.1, 0.15) is 0 Å². The van der Waals surface area contributed by atoms with E-state index in [-0.39, 0.29) is 11.9 Å². The van der Waals surface area contributed by atoms with Crippen LogP contribution in [-0.2, 0) is 4.79 Å². The molecule has 1 unspecified atom stereocenters. The summed E-state index contributed by atoms with van der Waals surface area (Å²) in [5, 5.41) is 6.08. The van der Waals surface area contributed by atoms with E-state index >= 15 is 0 Å². The summed E-state index contributed by atoms with van der Waals surface area (Å²) in [6.07, 6.45) is 7.88. The Kier molecular flexibility index (Phi) is 4.66. The van der Waals surface area contributed by atoms with Crippen LogP contribution in [0.15, 0.2) is 12.2 Å². The average molecular weight is 196 g/mol. The van der Waals surface area contributed by atoms with Crippen molar-refractivity contribution in [2.45, 2.75) is 45.2 Å². The van der Waals surface area contributed by atoms with Gasteiger partial charge in [0.2, 0.25) is 5.91 Å². The number of carbonyl (C=O) groups excluding carboxylic acids is 1. The standard InChI is InChI=1S/C11H20N2O/c1-9(2)13-11(14)8-12-10-6-4-3-5-7-10/h4,6,9-10,12H,3,5,7-8H2,1-2H3,(H,13,14). The predicted molar refractivity (Wildman–Crippen MR) is 58.1 cm³/mol. The summed E-state index contributed by atoms with van der Waals surface area (Å²) in [6, 6.07) is 0.618. The SMILES string of the molecule is CC(C)NC(=O)CNC1C=CCCC1. The lowest BCUT2D eigenvalue weighted by Crippen LogP contribution is -2.41. The molecule has 1 atom stereocenters. The van der Waals surface area contributed by atoms with Gasteiger partial charge in [-0.15, -0.1) is 0 Å². The van der Waals surface area contributed by atoms with E-state index in [0.717, 1.165) is 6.42 Å². The van der Waals surface area contributed by atoms with E-state index in [9.17, 15) is 4.79 Å². The summed E-state index contributed by atoms with van der Waals surface area (Å²) in [4.78, 5) is 11.3. The molecule has 0 aliphatic heterocycles. The van der Waals surface area contributed by atoms with Crippen molar-refractivity contribution in [1.82, 2.24) is 10.6 Å². The molecule has 2 N–H and O–H groups in total. The Morgan fingerprint density at radius 2 is 2.36 bits per heavy atom. The van der Waals surface area contributed by atoms with Crippen LogP contribution in [0.5, 0.6) is 0 Å². The van der Waals surface area contributed by atoms with Crippen LogP contribution < -0.4 is 10.6 Å². The molecule has 0 saturated carbocycles. The highest BCUT2D eigenvalue weighted by atomic mass is 16.1. The topological polar surface area (TPSA) is 41.1 Å². The Morgan fingerprint density at radius 3 is 2.93 bits per heavy atom. The van der Waals surface area contributed by atoms with Crippen LogP contribution in [0.2, 0.25) is 0 Å². The minimum Gasteiger partial charge on any atom is -0.353 e. The zero-order valence-corrected chi connectivity index (χ0v) is 9.05. The van der Waals surface area contributed by atoms with E-state index in [1.807, 2.05) is 13.8 Å². The highest BCUT2D eigenvalue weighted by Crippen LogP contribution is 2.09.